The van der Waals surface area contributed by atoms with Crippen LogP contribution in [0.3, 0.4) is 0 Å². The molecule has 0 aromatic rings. The van der Waals surface area contributed by atoms with Crippen LogP contribution in [0.2, 0.25) is 0 Å². The molecular weight excluding hydrogens is 666 g/mol. The standard InChI is InChI=1S/C45H79NO7/c1-6-8-10-12-14-16-18-19-20-21-22-23-24-26-27-29-31-33-35-43(47)52-40-41(39-51-38-37-42(45(49)50)46(3,4)5)53-44(48)36-34-32-30-28-25-17-15-13-11-9-7-2/h13,15,17,20-23,25,41-42H,6-12,14,16,18-19,24,26-40H2,1-5H3/b15-13+,21-20+,23-22+,25-17+. The van der Waals surface area contributed by atoms with E-state index < -0.39 is 18.1 Å². The highest BCUT2D eigenvalue weighted by Crippen LogP contribution is 2.12. The summed E-state index contributed by atoms with van der Waals surface area (Å²) in [5, 5.41) is 11.6. The average Bonchev–Trinajstić information content (AvgIpc) is 3.11. The number of carboxylic acids is 1. The van der Waals surface area contributed by atoms with Gasteiger partial charge in [0.25, 0.3) is 0 Å². The number of hydrogen-bond acceptors (Lipinski definition) is 7. The number of carbonyl (C=O) groups is 3. The minimum atomic E-state index is -1.13. The molecule has 8 heteroatoms. The molecule has 2 unspecified atom stereocenters. The Hall–Kier alpha value is -2.71. The van der Waals surface area contributed by atoms with Gasteiger partial charge in [0.2, 0.25) is 0 Å². The molecule has 0 aliphatic carbocycles. The Morgan fingerprint density at radius 3 is 1.49 bits per heavy atom. The summed E-state index contributed by atoms with van der Waals surface area (Å²) in [7, 11) is 5.38. The monoisotopic (exact) mass is 746 g/mol. The molecule has 0 aromatic heterocycles. The van der Waals surface area contributed by atoms with Crippen molar-refractivity contribution in [2.75, 3.05) is 41.0 Å². The van der Waals surface area contributed by atoms with Crippen LogP contribution in [0.1, 0.15) is 168 Å². The van der Waals surface area contributed by atoms with Crippen molar-refractivity contribution < 1.29 is 38.2 Å². The number of carboxylic acid groups (broad SMARTS) is 1. The number of esters is 2. The average molecular weight is 746 g/mol. The number of ether oxygens (including phenoxy) is 3. The van der Waals surface area contributed by atoms with E-state index in [1.54, 1.807) is 21.1 Å². The predicted molar refractivity (Wildman–Crippen MR) is 217 cm³/mol. The number of hydrogen-bond donors (Lipinski definition) is 0. The molecule has 0 aliphatic rings. The summed E-state index contributed by atoms with van der Waals surface area (Å²) in [6.45, 7) is 4.54. The van der Waals surface area contributed by atoms with Gasteiger partial charge in [-0.2, -0.15) is 0 Å². The summed E-state index contributed by atoms with van der Waals surface area (Å²) in [6, 6.07) is -0.733. The van der Waals surface area contributed by atoms with Gasteiger partial charge in [-0.25, -0.2) is 0 Å². The molecule has 53 heavy (non-hydrogen) atoms. The molecule has 0 saturated carbocycles. The van der Waals surface area contributed by atoms with E-state index in [1.165, 1.54) is 64.2 Å². The molecule has 0 fully saturated rings. The van der Waals surface area contributed by atoms with Crippen molar-refractivity contribution in [3.63, 3.8) is 0 Å². The molecular formula is C45H79NO7. The maximum Gasteiger partial charge on any atom is 0.306 e. The quantitative estimate of drug-likeness (QED) is 0.0270. The number of carbonyl (C=O) groups excluding carboxylic acids is 3. The van der Waals surface area contributed by atoms with Crippen LogP contribution in [0.5, 0.6) is 0 Å². The third-order valence-electron chi connectivity index (χ3n) is 9.24. The topological polar surface area (TPSA) is 102 Å². The van der Waals surface area contributed by atoms with Crippen LogP contribution in [-0.4, -0.2) is 75.5 Å². The van der Waals surface area contributed by atoms with E-state index in [4.69, 9.17) is 14.2 Å². The molecule has 8 nitrogen and oxygen atoms in total. The third-order valence-corrected chi connectivity index (χ3v) is 9.24. The van der Waals surface area contributed by atoms with E-state index in [9.17, 15) is 19.5 Å². The molecule has 0 heterocycles. The Balaban J connectivity index is 4.39. The summed E-state index contributed by atoms with van der Waals surface area (Å²) in [6.07, 6.45) is 41.4. The Morgan fingerprint density at radius 2 is 1.00 bits per heavy atom. The summed E-state index contributed by atoms with van der Waals surface area (Å²) < 4.78 is 17.1. The Bertz CT molecular complexity index is 1010. The van der Waals surface area contributed by atoms with Crippen molar-refractivity contribution >= 4 is 17.9 Å². The Labute approximate surface area is 325 Å². The van der Waals surface area contributed by atoms with Gasteiger partial charge < -0.3 is 28.6 Å². The minimum Gasteiger partial charge on any atom is -0.544 e. The lowest BCUT2D eigenvalue weighted by molar-refractivity contribution is -0.889. The van der Waals surface area contributed by atoms with Crippen LogP contribution in [-0.2, 0) is 28.6 Å². The largest absolute Gasteiger partial charge is 0.544 e. The summed E-state index contributed by atoms with van der Waals surface area (Å²) in [5.74, 6) is -1.80. The van der Waals surface area contributed by atoms with Gasteiger partial charge in [-0.15, -0.1) is 0 Å². The lowest BCUT2D eigenvalue weighted by Gasteiger charge is -2.34. The Kier molecular flexibility index (Phi) is 34.4. The third kappa shape index (κ3) is 34.8. The van der Waals surface area contributed by atoms with Gasteiger partial charge in [0.05, 0.1) is 40.3 Å². The second-order valence-corrected chi connectivity index (χ2v) is 15.3. The van der Waals surface area contributed by atoms with E-state index in [-0.39, 0.29) is 49.1 Å². The number of allylic oxidation sites excluding steroid dienone is 8. The maximum atomic E-state index is 12.6. The first-order valence-electron chi connectivity index (χ1n) is 21.2. The smallest absolute Gasteiger partial charge is 0.306 e. The number of rotatable bonds is 37. The molecule has 0 amide bonds. The first kappa shape index (κ1) is 50.3. The second-order valence-electron chi connectivity index (χ2n) is 15.3. The Morgan fingerprint density at radius 1 is 0.566 bits per heavy atom. The summed E-state index contributed by atoms with van der Waals surface area (Å²) >= 11 is 0. The van der Waals surface area contributed by atoms with Crippen molar-refractivity contribution in [2.24, 2.45) is 0 Å². The number of aliphatic carboxylic acids is 1. The van der Waals surface area contributed by atoms with Gasteiger partial charge in [0.15, 0.2) is 6.10 Å². The lowest BCUT2D eigenvalue weighted by Crippen LogP contribution is -2.55. The van der Waals surface area contributed by atoms with E-state index in [1.807, 2.05) is 0 Å². The van der Waals surface area contributed by atoms with Crippen molar-refractivity contribution in [1.29, 1.82) is 0 Å². The molecule has 306 valence electrons. The van der Waals surface area contributed by atoms with Crippen molar-refractivity contribution in [1.82, 2.24) is 0 Å². The summed E-state index contributed by atoms with van der Waals surface area (Å²) in [4.78, 5) is 36.7. The van der Waals surface area contributed by atoms with Gasteiger partial charge in [-0.05, 0) is 57.8 Å². The molecule has 0 bridgehead atoms. The SMILES string of the molecule is CCCC/C=C/C=C/CCCCCC(=O)OC(COCCC(C(=O)[O-])[N+](C)(C)C)COC(=O)CCCCCCC/C=C/C=C/CCCCCCCCC. The predicted octanol–water partition coefficient (Wildman–Crippen LogP) is 9.91. The summed E-state index contributed by atoms with van der Waals surface area (Å²) in [5.41, 5.74) is 0. The zero-order chi connectivity index (χ0) is 39.3. The molecule has 0 N–H and O–H groups in total. The van der Waals surface area contributed by atoms with E-state index in [2.05, 4.69) is 62.5 Å². The van der Waals surface area contributed by atoms with Gasteiger partial charge in [-0.3, -0.25) is 9.59 Å². The van der Waals surface area contributed by atoms with E-state index >= 15 is 0 Å². The molecule has 0 spiro atoms. The molecule has 0 saturated heterocycles. The van der Waals surface area contributed by atoms with Gasteiger partial charge >= 0.3 is 11.9 Å². The first-order valence-corrected chi connectivity index (χ1v) is 21.2. The van der Waals surface area contributed by atoms with Crippen molar-refractivity contribution in [2.45, 2.75) is 180 Å². The second kappa shape index (κ2) is 36.3. The number of unbranched alkanes of at least 4 members (excludes halogenated alkanes) is 17. The highest BCUT2D eigenvalue weighted by molar-refractivity contribution is 5.70. The van der Waals surface area contributed by atoms with Crippen LogP contribution in [0.4, 0.5) is 0 Å². The zero-order valence-electron chi connectivity index (χ0n) is 34.7. The fourth-order valence-corrected chi connectivity index (χ4v) is 5.86. The van der Waals surface area contributed by atoms with Crippen LogP contribution in [0, 0.1) is 0 Å². The van der Waals surface area contributed by atoms with Gasteiger partial charge in [0, 0.05) is 19.3 Å². The van der Waals surface area contributed by atoms with Crippen LogP contribution in [0.15, 0.2) is 48.6 Å². The molecule has 2 atom stereocenters. The van der Waals surface area contributed by atoms with E-state index in [0.717, 1.165) is 70.6 Å². The normalized spacial score (nSPS) is 13.5. The highest BCUT2D eigenvalue weighted by atomic mass is 16.6. The fourth-order valence-electron chi connectivity index (χ4n) is 5.86. The van der Waals surface area contributed by atoms with Crippen molar-refractivity contribution in [3.05, 3.63) is 48.6 Å². The fraction of sp³-hybridized carbons (Fsp3) is 0.756. The van der Waals surface area contributed by atoms with Crippen LogP contribution in [0.25, 0.3) is 0 Å². The number of quaternary nitrogens is 1. The molecule has 0 rings (SSSR count). The van der Waals surface area contributed by atoms with Gasteiger partial charge in [0.1, 0.15) is 12.6 Å². The van der Waals surface area contributed by atoms with Crippen molar-refractivity contribution in [3.8, 4) is 0 Å². The van der Waals surface area contributed by atoms with E-state index in [0.29, 0.717) is 6.42 Å². The maximum absolute atomic E-state index is 12.6. The number of nitrogens with zero attached hydrogens (tertiary/aromatic N) is 1. The first-order chi connectivity index (χ1) is 25.6. The highest BCUT2D eigenvalue weighted by Gasteiger charge is 2.25. The van der Waals surface area contributed by atoms with Crippen LogP contribution >= 0.6 is 0 Å². The zero-order valence-corrected chi connectivity index (χ0v) is 34.7. The molecule has 0 aliphatic heterocycles. The molecule has 0 aromatic carbocycles. The van der Waals surface area contributed by atoms with Crippen LogP contribution < -0.4 is 5.11 Å². The van der Waals surface area contributed by atoms with Gasteiger partial charge in [-0.1, -0.05) is 140 Å². The number of likely N-dealkylation sites (N-methyl/N-ethyl adjacent to an activating group) is 1. The lowest BCUT2D eigenvalue weighted by atomic mass is 10.1. The molecule has 0 radical (unpaired) electrons. The minimum absolute atomic E-state index is 0.0237.